The molecule has 1 N–H and O–H groups in total. The van der Waals surface area contributed by atoms with Crippen molar-refractivity contribution in [2.75, 3.05) is 26.2 Å². The number of nitrogens with one attached hydrogen (secondary N) is 1. The Kier molecular flexibility index (Phi) is 4.56. The largest absolute Gasteiger partial charge is 0.341 e. The Hall–Kier alpha value is -1.35. The first-order valence-corrected chi connectivity index (χ1v) is 6.39. The molecule has 0 saturated carbocycles. The zero-order valence-corrected chi connectivity index (χ0v) is 10.2. The van der Waals surface area contributed by atoms with Gasteiger partial charge in [0, 0.05) is 26.1 Å². The van der Waals surface area contributed by atoms with Gasteiger partial charge in [-0.25, -0.2) is 0 Å². The first-order valence-electron chi connectivity index (χ1n) is 6.39. The Labute approximate surface area is 103 Å². The second-order valence-electron chi connectivity index (χ2n) is 4.47. The van der Waals surface area contributed by atoms with Crippen molar-refractivity contribution in [2.45, 2.75) is 19.3 Å². The molecule has 0 atom stereocenters. The second-order valence-corrected chi connectivity index (χ2v) is 4.47. The number of benzene rings is 1. The van der Waals surface area contributed by atoms with Gasteiger partial charge >= 0.3 is 0 Å². The summed E-state index contributed by atoms with van der Waals surface area (Å²) in [6.07, 6.45) is 2.59. The summed E-state index contributed by atoms with van der Waals surface area (Å²) in [5.41, 5.74) is 1.30. The standard InChI is InChI=1S/C14H20N2O/c17-14-7-4-9-15-10-12-16(14)11-8-13-5-2-1-3-6-13/h1-3,5-6,15H,4,7-12H2. The van der Waals surface area contributed by atoms with Crippen molar-refractivity contribution in [3.05, 3.63) is 35.9 Å². The van der Waals surface area contributed by atoms with Crippen molar-refractivity contribution in [1.82, 2.24) is 10.2 Å². The maximum absolute atomic E-state index is 11.9. The Bertz CT molecular complexity index is 350. The van der Waals surface area contributed by atoms with E-state index in [1.807, 2.05) is 23.1 Å². The van der Waals surface area contributed by atoms with Gasteiger partial charge in [-0.3, -0.25) is 4.79 Å². The van der Waals surface area contributed by atoms with Crippen LogP contribution in [0.25, 0.3) is 0 Å². The van der Waals surface area contributed by atoms with Gasteiger partial charge in [0.1, 0.15) is 0 Å². The van der Waals surface area contributed by atoms with E-state index in [1.54, 1.807) is 0 Å². The van der Waals surface area contributed by atoms with Crippen molar-refractivity contribution in [3.63, 3.8) is 0 Å². The quantitative estimate of drug-likeness (QED) is 0.855. The molecule has 3 nitrogen and oxygen atoms in total. The van der Waals surface area contributed by atoms with Gasteiger partial charge < -0.3 is 10.2 Å². The van der Waals surface area contributed by atoms with Crippen molar-refractivity contribution >= 4 is 5.91 Å². The molecule has 1 fully saturated rings. The van der Waals surface area contributed by atoms with Gasteiger partial charge in [0.2, 0.25) is 5.91 Å². The Morgan fingerprint density at radius 2 is 2.00 bits per heavy atom. The molecule has 0 bridgehead atoms. The van der Waals surface area contributed by atoms with Crippen molar-refractivity contribution in [2.24, 2.45) is 0 Å². The maximum Gasteiger partial charge on any atom is 0.222 e. The Morgan fingerprint density at radius 1 is 1.18 bits per heavy atom. The van der Waals surface area contributed by atoms with Gasteiger partial charge in [-0.2, -0.15) is 0 Å². The van der Waals surface area contributed by atoms with E-state index in [2.05, 4.69) is 17.4 Å². The van der Waals surface area contributed by atoms with Crippen LogP contribution in [0.4, 0.5) is 0 Å². The van der Waals surface area contributed by atoms with Crippen LogP contribution in [0.5, 0.6) is 0 Å². The third-order valence-electron chi connectivity index (χ3n) is 3.17. The molecule has 0 spiro atoms. The molecule has 1 amide bonds. The molecule has 92 valence electrons. The molecular formula is C14H20N2O. The van der Waals surface area contributed by atoms with Crippen LogP contribution in [0.3, 0.4) is 0 Å². The minimum atomic E-state index is 0.308. The van der Waals surface area contributed by atoms with Crippen LogP contribution in [0.1, 0.15) is 18.4 Å². The van der Waals surface area contributed by atoms with Crippen LogP contribution in [-0.2, 0) is 11.2 Å². The van der Waals surface area contributed by atoms with Crippen LogP contribution < -0.4 is 5.32 Å². The average Bonchev–Trinajstić information content (AvgIpc) is 2.35. The lowest BCUT2D eigenvalue weighted by Crippen LogP contribution is -2.40. The van der Waals surface area contributed by atoms with Gasteiger partial charge in [0.15, 0.2) is 0 Å². The number of amides is 1. The number of carbonyl (C=O) groups excluding carboxylic acids is 1. The Morgan fingerprint density at radius 3 is 2.82 bits per heavy atom. The number of rotatable bonds is 3. The van der Waals surface area contributed by atoms with Gasteiger partial charge in [-0.05, 0) is 24.9 Å². The number of nitrogens with zero attached hydrogens (tertiary/aromatic N) is 1. The molecule has 1 heterocycles. The molecular weight excluding hydrogens is 212 g/mol. The third kappa shape index (κ3) is 3.86. The molecule has 0 aliphatic carbocycles. The van der Waals surface area contributed by atoms with E-state index in [4.69, 9.17) is 0 Å². The molecule has 0 aromatic heterocycles. The molecule has 1 saturated heterocycles. The highest BCUT2D eigenvalue weighted by Crippen LogP contribution is 2.05. The minimum Gasteiger partial charge on any atom is -0.341 e. The van der Waals surface area contributed by atoms with Crippen LogP contribution in [-0.4, -0.2) is 37.0 Å². The fourth-order valence-electron chi connectivity index (χ4n) is 2.13. The number of hydrogen-bond donors (Lipinski definition) is 1. The first-order chi connectivity index (χ1) is 8.36. The summed E-state index contributed by atoms with van der Waals surface area (Å²) < 4.78 is 0. The molecule has 2 rings (SSSR count). The van der Waals surface area contributed by atoms with Gasteiger partial charge in [0.05, 0.1) is 0 Å². The van der Waals surface area contributed by atoms with E-state index in [0.717, 1.165) is 39.0 Å². The molecule has 1 aromatic carbocycles. The molecule has 3 heteroatoms. The molecule has 1 aliphatic rings. The average molecular weight is 232 g/mol. The SMILES string of the molecule is O=C1CCCNCCN1CCc1ccccc1. The van der Waals surface area contributed by atoms with E-state index in [1.165, 1.54) is 5.56 Å². The van der Waals surface area contributed by atoms with E-state index in [0.29, 0.717) is 12.3 Å². The summed E-state index contributed by atoms with van der Waals surface area (Å²) in [5.74, 6) is 0.308. The van der Waals surface area contributed by atoms with E-state index < -0.39 is 0 Å². The monoisotopic (exact) mass is 232 g/mol. The van der Waals surface area contributed by atoms with Crippen molar-refractivity contribution in [1.29, 1.82) is 0 Å². The Balaban J connectivity index is 1.85. The minimum absolute atomic E-state index is 0.308. The smallest absolute Gasteiger partial charge is 0.222 e. The van der Waals surface area contributed by atoms with E-state index in [9.17, 15) is 4.79 Å². The number of hydrogen-bond acceptors (Lipinski definition) is 2. The van der Waals surface area contributed by atoms with E-state index in [-0.39, 0.29) is 0 Å². The molecule has 0 unspecified atom stereocenters. The summed E-state index contributed by atoms with van der Waals surface area (Å²) in [7, 11) is 0. The zero-order valence-electron chi connectivity index (χ0n) is 10.2. The first kappa shape index (κ1) is 12.1. The van der Waals surface area contributed by atoms with Crippen molar-refractivity contribution in [3.8, 4) is 0 Å². The highest BCUT2D eigenvalue weighted by Gasteiger charge is 2.14. The third-order valence-corrected chi connectivity index (χ3v) is 3.17. The van der Waals surface area contributed by atoms with Crippen LogP contribution in [0, 0.1) is 0 Å². The fourth-order valence-corrected chi connectivity index (χ4v) is 2.13. The highest BCUT2D eigenvalue weighted by atomic mass is 16.2. The second kappa shape index (κ2) is 6.40. The number of carbonyl (C=O) groups is 1. The topological polar surface area (TPSA) is 32.3 Å². The van der Waals surface area contributed by atoms with Crippen LogP contribution in [0.2, 0.25) is 0 Å². The van der Waals surface area contributed by atoms with Gasteiger partial charge in [-0.15, -0.1) is 0 Å². The van der Waals surface area contributed by atoms with E-state index >= 15 is 0 Å². The normalized spacial score (nSPS) is 17.6. The predicted molar refractivity (Wildman–Crippen MR) is 68.8 cm³/mol. The fraction of sp³-hybridized carbons (Fsp3) is 0.500. The molecule has 1 aliphatic heterocycles. The summed E-state index contributed by atoms with van der Waals surface area (Å²) in [6.45, 7) is 3.56. The maximum atomic E-state index is 11.9. The lowest BCUT2D eigenvalue weighted by Gasteiger charge is -2.25. The lowest BCUT2D eigenvalue weighted by molar-refractivity contribution is -0.131. The summed E-state index contributed by atoms with van der Waals surface area (Å²) in [4.78, 5) is 13.9. The summed E-state index contributed by atoms with van der Waals surface area (Å²) in [6, 6.07) is 10.4. The van der Waals surface area contributed by atoms with Gasteiger partial charge in [-0.1, -0.05) is 30.3 Å². The molecule has 1 aromatic rings. The molecule has 0 radical (unpaired) electrons. The molecule has 17 heavy (non-hydrogen) atoms. The lowest BCUT2D eigenvalue weighted by atomic mass is 10.1. The zero-order chi connectivity index (χ0) is 11.9. The van der Waals surface area contributed by atoms with Gasteiger partial charge in [0.25, 0.3) is 0 Å². The van der Waals surface area contributed by atoms with Crippen molar-refractivity contribution < 1.29 is 4.79 Å². The summed E-state index contributed by atoms with van der Waals surface area (Å²) in [5, 5.41) is 3.34. The highest BCUT2D eigenvalue weighted by molar-refractivity contribution is 5.76. The van der Waals surface area contributed by atoms with Crippen LogP contribution >= 0.6 is 0 Å². The predicted octanol–water partition coefficient (Wildman–Crippen LogP) is 1.44. The van der Waals surface area contributed by atoms with Crippen LogP contribution in [0.15, 0.2) is 30.3 Å². The summed E-state index contributed by atoms with van der Waals surface area (Å²) >= 11 is 0.